The van der Waals surface area contributed by atoms with Gasteiger partial charge in [-0.15, -0.1) is 11.3 Å². The van der Waals surface area contributed by atoms with Crippen molar-refractivity contribution < 1.29 is 9.90 Å². The predicted octanol–water partition coefficient (Wildman–Crippen LogP) is 4.69. The second-order valence-corrected chi connectivity index (χ2v) is 8.20. The Labute approximate surface area is 119 Å². The second kappa shape index (κ2) is 5.28. The van der Waals surface area contributed by atoms with Gasteiger partial charge in [0, 0.05) is 15.7 Å². The Morgan fingerprint density at radius 2 is 2.00 bits per heavy atom. The topological polar surface area (TPSA) is 37.3 Å². The first-order chi connectivity index (χ1) is 8.79. The maximum atomic E-state index is 11.5. The van der Waals surface area contributed by atoms with Gasteiger partial charge in [-0.1, -0.05) is 20.8 Å². The summed E-state index contributed by atoms with van der Waals surface area (Å²) in [6, 6.07) is 4.24. The lowest BCUT2D eigenvalue weighted by Gasteiger charge is -2.40. The maximum Gasteiger partial charge on any atom is 0.307 e. The van der Waals surface area contributed by atoms with E-state index in [4.69, 9.17) is 0 Å². The third-order valence-electron chi connectivity index (χ3n) is 4.52. The van der Waals surface area contributed by atoms with Crippen LogP contribution >= 0.6 is 11.3 Å². The van der Waals surface area contributed by atoms with Gasteiger partial charge in [0.1, 0.15) is 0 Å². The van der Waals surface area contributed by atoms with E-state index >= 15 is 0 Å². The Hall–Kier alpha value is -0.830. The molecule has 0 radical (unpaired) electrons. The molecule has 106 valence electrons. The van der Waals surface area contributed by atoms with Gasteiger partial charge in [0.05, 0.1) is 5.92 Å². The molecule has 1 fully saturated rings. The Kier molecular flexibility index (Phi) is 4.05. The van der Waals surface area contributed by atoms with E-state index in [1.807, 2.05) is 0 Å². The zero-order valence-corrected chi connectivity index (χ0v) is 13.1. The highest BCUT2D eigenvalue weighted by atomic mass is 32.1. The lowest BCUT2D eigenvalue weighted by molar-refractivity contribution is -0.144. The van der Waals surface area contributed by atoms with Gasteiger partial charge in [-0.25, -0.2) is 0 Å². The highest BCUT2D eigenvalue weighted by Gasteiger charge is 2.40. The summed E-state index contributed by atoms with van der Waals surface area (Å²) in [7, 11) is 0. The van der Waals surface area contributed by atoms with Crippen molar-refractivity contribution in [3.8, 4) is 0 Å². The summed E-state index contributed by atoms with van der Waals surface area (Å²) >= 11 is 1.76. The first-order valence-electron chi connectivity index (χ1n) is 7.08. The molecule has 0 aliphatic heterocycles. The highest BCUT2D eigenvalue weighted by molar-refractivity contribution is 7.12. The molecule has 1 N–H and O–H groups in total. The number of aryl methyl sites for hydroxylation is 1. The average Bonchev–Trinajstić information content (AvgIpc) is 2.73. The molecule has 2 rings (SSSR count). The molecule has 0 aromatic carbocycles. The van der Waals surface area contributed by atoms with Crippen molar-refractivity contribution in [1.29, 1.82) is 0 Å². The molecule has 3 heteroatoms. The molecule has 3 atom stereocenters. The van der Waals surface area contributed by atoms with Crippen LogP contribution in [-0.4, -0.2) is 11.1 Å². The van der Waals surface area contributed by atoms with Crippen LogP contribution in [0.25, 0.3) is 0 Å². The summed E-state index contributed by atoms with van der Waals surface area (Å²) in [6.07, 6.45) is 2.88. The van der Waals surface area contributed by atoms with Crippen molar-refractivity contribution in [2.75, 3.05) is 0 Å². The SMILES string of the molecule is Cc1ccc(C2CC(C(C)(C)C)CCC2C(=O)O)s1. The minimum atomic E-state index is -0.622. The van der Waals surface area contributed by atoms with E-state index in [2.05, 4.69) is 39.8 Å². The normalized spacial score (nSPS) is 28.3. The molecule has 0 saturated heterocycles. The largest absolute Gasteiger partial charge is 0.481 e. The molecule has 0 amide bonds. The minimum Gasteiger partial charge on any atom is -0.481 e. The average molecular weight is 280 g/mol. The van der Waals surface area contributed by atoms with Crippen LogP contribution in [0.4, 0.5) is 0 Å². The highest BCUT2D eigenvalue weighted by Crippen LogP contribution is 2.48. The fourth-order valence-electron chi connectivity index (χ4n) is 3.22. The Balaban J connectivity index is 2.25. The van der Waals surface area contributed by atoms with Crippen molar-refractivity contribution in [1.82, 2.24) is 0 Å². The predicted molar refractivity (Wildman–Crippen MR) is 79.7 cm³/mol. The summed E-state index contributed by atoms with van der Waals surface area (Å²) in [4.78, 5) is 14.0. The quantitative estimate of drug-likeness (QED) is 0.853. The molecular weight excluding hydrogens is 256 g/mol. The van der Waals surface area contributed by atoms with E-state index in [0.717, 1.165) is 19.3 Å². The van der Waals surface area contributed by atoms with E-state index in [1.165, 1.54) is 9.75 Å². The minimum absolute atomic E-state index is 0.198. The number of rotatable bonds is 2. The van der Waals surface area contributed by atoms with Gasteiger partial charge >= 0.3 is 5.97 Å². The Bertz CT molecular complexity index is 456. The van der Waals surface area contributed by atoms with Crippen LogP contribution in [0.15, 0.2) is 12.1 Å². The second-order valence-electron chi connectivity index (χ2n) is 6.88. The third-order valence-corrected chi connectivity index (χ3v) is 5.65. The molecule has 0 bridgehead atoms. The lowest BCUT2D eigenvalue weighted by Crippen LogP contribution is -2.33. The lowest BCUT2D eigenvalue weighted by atomic mass is 9.65. The summed E-state index contributed by atoms with van der Waals surface area (Å²) in [6.45, 7) is 8.91. The number of aliphatic carboxylic acids is 1. The fourth-order valence-corrected chi connectivity index (χ4v) is 4.28. The standard InChI is InChI=1S/C16H24O2S/c1-10-5-8-14(19-10)13-9-11(16(2,3)4)6-7-12(13)15(17)18/h5,8,11-13H,6-7,9H2,1-4H3,(H,17,18). The first kappa shape index (κ1) is 14.6. The molecule has 1 aliphatic rings. The van der Waals surface area contributed by atoms with Gasteiger partial charge < -0.3 is 5.11 Å². The molecule has 2 nitrogen and oxygen atoms in total. The fraction of sp³-hybridized carbons (Fsp3) is 0.688. The van der Waals surface area contributed by atoms with Crippen LogP contribution in [0.2, 0.25) is 0 Å². The van der Waals surface area contributed by atoms with Crippen LogP contribution in [0.5, 0.6) is 0 Å². The summed E-state index contributed by atoms with van der Waals surface area (Å²) in [5.41, 5.74) is 0.272. The van der Waals surface area contributed by atoms with E-state index in [0.29, 0.717) is 5.92 Å². The molecule has 1 heterocycles. The van der Waals surface area contributed by atoms with E-state index < -0.39 is 5.97 Å². The monoisotopic (exact) mass is 280 g/mol. The first-order valence-corrected chi connectivity index (χ1v) is 7.90. The molecule has 3 unspecified atom stereocenters. The third kappa shape index (κ3) is 3.19. The number of thiophene rings is 1. The van der Waals surface area contributed by atoms with Gasteiger partial charge in [-0.05, 0) is 49.7 Å². The molecular formula is C16H24O2S. The van der Waals surface area contributed by atoms with Gasteiger partial charge in [-0.3, -0.25) is 4.79 Å². The number of carboxylic acid groups (broad SMARTS) is 1. The van der Waals surface area contributed by atoms with Crippen LogP contribution in [0.3, 0.4) is 0 Å². The van der Waals surface area contributed by atoms with Gasteiger partial charge in [0.25, 0.3) is 0 Å². The van der Waals surface area contributed by atoms with Crippen LogP contribution in [-0.2, 0) is 4.79 Å². The van der Waals surface area contributed by atoms with Crippen molar-refractivity contribution in [2.45, 2.75) is 52.9 Å². The summed E-state index contributed by atoms with van der Waals surface area (Å²) in [5.74, 6) is 0.00439. The smallest absolute Gasteiger partial charge is 0.307 e. The molecule has 1 aromatic heterocycles. The van der Waals surface area contributed by atoms with E-state index in [-0.39, 0.29) is 17.3 Å². The van der Waals surface area contributed by atoms with E-state index in [9.17, 15) is 9.90 Å². The van der Waals surface area contributed by atoms with Crippen molar-refractivity contribution >= 4 is 17.3 Å². The Morgan fingerprint density at radius 1 is 1.32 bits per heavy atom. The van der Waals surface area contributed by atoms with Gasteiger partial charge in [0.2, 0.25) is 0 Å². The van der Waals surface area contributed by atoms with Crippen LogP contribution < -0.4 is 0 Å². The summed E-state index contributed by atoms with van der Waals surface area (Å²) < 4.78 is 0. The van der Waals surface area contributed by atoms with E-state index in [1.54, 1.807) is 11.3 Å². The number of carbonyl (C=O) groups is 1. The maximum absolute atomic E-state index is 11.5. The zero-order chi connectivity index (χ0) is 14.2. The number of hydrogen-bond donors (Lipinski definition) is 1. The molecule has 1 aromatic rings. The number of carboxylic acids is 1. The Morgan fingerprint density at radius 3 is 2.47 bits per heavy atom. The molecule has 1 aliphatic carbocycles. The van der Waals surface area contributed by atoms with Crippen molar-refractivity contribution in [3.63, 3.8) is 0 Å². The molecule has 0 spiro atoms. The zero-order valence-electron chi connectivity index (χ0n) is 12.3. The number of hydrogen-bond acceptors (Lipinski definition) is 2. The van der Waals surface area contributed by atoms with Crippen molar-refractivity contribution in [2.24, 2.45) is 17.3 Å². The van der Waals surface area contributed by atoms with Gasteiger partial charge in [0.15, 0.2) is 0 Å². The van der Waals surface area contributed by atoms with Crippen LogP contribution in [0.1, 0.15) is 55.7 Å². The molecule has 1 saturated carbocycles. The molecule has 19 heavy (non-hydrogen) atoms. The van der Waals surface area contributed by atoms with Crippen molar-refractivity contribution in [3.05, 3.63) is 21.9 Å². The summed E-state index contributed by atoms with van der Waals surface area (Å²) in [5, 5.41) is 9.47. The van der Waals surface area contributed by atoms with Crippen LogP contribution in [0, 0.1) is 24.2 Å². The van der Waals surface area contributed by atoms with Gasteiger partial charge in [-0.2, -0.15) is 0 Å².